The van der Waals surface area contributed by atoms with Gasteiger partial charge in [0.25, 0.3) is 5.91 Å². The first-order chi connectivity index (χ1) is 17.4. The molecule has 1 atom stereocenters. The van der Waals surface area contributed by atoms with E-state index < -0.39 is 11.6 Å². The van der Waals surface area contributed by atoms with Crippen LogP contribution in [-0.4, -0.2) is 55.5 Å². The Morgan fingerprint density at radius 3 is 2.56 bits per heavy atom. The molecule has 4 rings (SSSR count). The predicted molar refractivity (Wildman–Crippen MR) is 136 cm³/mol. The minimum Gasteiger partial charge on any atom is -0.497 e. The molecule has 1 saturated heterocycles. The lowest BCUT2D eigenvalue weighted by atomic mass is 9.84. The fourth-order valence-corrected chi connectivity index (χ4v) is 4.83. The van der Waals surface area contributed by atoms with Crippen molar-refractivity contribution in [1.82, 2.24) is 9.80 Å². The van der Waals surface area contributed by atoms with Crippen LogP contribution in [0.3, 0.4) is 0 Å². The normalized spacial score (nSPS) is 15.8. The van der Waals surface area contributed by atoms with E-state index in [-0.39, 0.29) is 23.6 Å². The number of rotatable bonds is 9. The minimum absolute atomic E-state index is 0.181. The summed E-state index contributed by atoms with van der Waals surface area (Å²) >= 11 is 0. The molecule has 0 saturated carbocycles. The van der Waals surface area contributed by atoms with E-state index in [1.807, 2.05) is 24.3 Å². The van der Waals surface area contributed by atoms with Gasteiger partial charge in [-0.25, -0.2) is 8.78 Å². The van der Waals surface area contributed by atoms with E-state index in [9.17, 15) is 13.6 Å². The first-order valence-corrected chi connectivity index (χ1v) is 12.2. The summed E-state index contributed by atoms with van der Waals surface area (Å²) in [5.41, 5.74) is 1.52. The standard InChI is InChI=1S/C29H32F2N2O3/c1-32(29(34)28-6-4-18-36-28)27(19-23-9-10-24(30)20-26(23)31)22-13-16-33(17-14-22)15-3-5-21-7-11-25(35-2)12-8-21/h3-12,18,20,22,27H,13-17,19H2,1-2H3. The number of carbonyl (C=O) groups excluding carboxylic acids is 1. The van der Waals surface area contributed by atoms with Gasteiger partial charge in [0, 0.05) is 25.7 Å². The highest BCUT2D eigenvalue weighted by molar-refractivity contribution is 5.91. The Morgan fingerprint density at radius 1 is 1.17 bits per heavy atom. The van der Waals surface area contributed by atoms with E-state index in [1.165, 1.54) is 18.4 Å². The smallest absolute Gasteiger partial charge is 0.289 e. The Hall–Kier alpha value is -3.45. The molecule has 0 N–H and O–H groups in total. The number of benzene rings is 2. The summed E-state index contributed by atoms with van der Waals surface area (Å²) in [5, 5.41) is 0. The number of hydrogen-bond donors (Lipinski definition) is 0. The van der Waals surface area contributed by atoms with Crippen LogP contribution in [0.4, 0.5) is 8.78 Å². The van der Waals surface area contributed by atoms with Crippen LogP contribution in [0.5, 0.6) is 5.75 Å². The Kier molecular flexibility index (Phi) is 8.54. The second-order valence-electron chi connectivity index (χ2n) is 9.21. The summed E-state index contributed by atoms with van der Waals surface area (Å²) in [6.07, 6.45) is 7.78. The molecule has 2 heterocycles. The molecule has 0 bridgehead atoms. The molecule has 0 spiro atoms. The third-order valence-electron chi connectivity index (χ3n) is 6.96. The summed E-state index contributed by atoms with van der Waals surface area (Å²) in [6, 6.07) is 14.6. The van der Waals surface area contributed by atoms with E-state index >= 15 is 0 Å². The molecule has 1 aliphatic rings. The van der Waals surface area contributed by atoms with Crippen molar-refractivity contribution >= 4 is 12.0 Å². The van der Waals surface area contributed by atoms with E-state index in [0.29, 0.717) is 12.0 Å². The minimum atomic E-state index is -0.608. The summed E-state index contributed by atoms with van der Waals surface area (Å²) in [7, 11) is 3.39. The second kappa shape index (κ2) is 12.0. The molecule has 0 aliphatic carbocycles. The zero-order chi connectivity index (χ0) is 25.5. The van der Waals surface area contributed by atoms with Crippen molar-refractivity contribution in [2.75, 3.05) is 33.8 Å². The number of furan rings is 1. The Labute approximate surface area is 211 Å². The van der Waals surface area contributed by atoms with Gasteiger partial charge in [-0.3, -0.25) is 9.69 Å². The lowest BCUT2D eigenvalue weighted by Crippen LogP contribution is -2.47. The fourth-order valence-electron chi connectivity index (χ4n) is 4.83. The van der Waals surface area contributed by atoms with Gasteiger partial charge in [-0.1, -0.05) is 30.4 Å². The molecule has 2 aromatic carbocycles. The van der Waals surface area contributed by atoms with Gasteiger partial charge >= 0.3 is 0 Å². The molecule has 7 heteroatoms. The quantitative estimate of drug-likeness (QED) is 0.384. The summed E-state index contributed by atoms with van der Waals surface area (Å²) in [6.45, 7) is 2.59. The number of methoxy groups -OCH3 is 1. The van der Waals surface area contributed by atoms with Gasteiger partial charge in [-0.05, 0) is 79.7 Å². The highest BCUT2D eigenvalue weighted by Crippen LogP contribution is 2.28. The highest BCUT2D eigenvalue weighted by Gasteiger charge is 2.33. The maximum atomic E-state index is 14.5. The average molecular weight is 495 g/mol. The third-order valence-corrected chi connectivity index (χ3v) is 6.96. The van der Waals surface area contributed by atoms with Gasteiger partial charge in [0.15, 0.2) is 5.76 Å². The number of likely N-dealkylation sites (tertiary alicyclic amines) is 1. The van der Waals surface area contributed by atoms with Crippen molar-refractivity contribution in [1.29, 1.82) is 0 Å². The van der Waals surface area contributed by atoms with Crippen LogP contribution in [0.25, 0.3) is 6.08 Å². The van der Waals surface area contributed by atoms with Crippen molar-refractivity contribution < 1.29 is 22.7 Å². The van der Waals surface area contributed by atoms with Crippen LogP contribution < -0.4 is 4.74 Å². The number of ether oxygens (including phenoxy) is 1. The van der Waals surface area contributed by atoms with Crippen LogP contribution >= 0.6 is 0 Å². The summed E-state index contributed by atoms with van der Waals surface area (Å²) in [5.74, 6) is -0.163. The molecule has 1 amide bonds. The highest BCUT2D eigenvalue weighted by atomic mass is 19.1. The number of likely N-dealkylation sites (N-methyl/N-ethyl adjacent to an activating group) is 1. The molecule has 190 valence electrons. The largest absolute Gasteiger partial charge is 0.497 e. The fraction of sp³-hybridized carbons (Fsp3) is 0.345. The number of halogens is 2. The molecule has 36 heavy (non-hydrogen) atoms. The Bertz CT molecular complexity index is 1150. The van der Waals surface area contributed by atoms with E-state index in [2.05, 4.69) is 17.1 Å². The van der Waals surface area contributed by atoms with Gasteiger partial charge in [-0.2, -0.15) is 0 Å². The molecule has 1 fully saturated rings. The van der Waals surface area contributed by atoms with Crippen molar-refractivity contribution in [2.24, 2.45) is 5.92 Å². The summed E-state index contributed by atoms with van der Waals surface area (Å²) in [4.78, 5) is 17.1. The molecule has 1 aromatic heterocycles. The SMILES string of the molecule is COc1ccc(C=CCN2CCC(C(Cc3ccc(F)cc3F)N(C)C(=O)c3ccco3)CC2)cc1. The van der Waals surface area contributed by atoms with Gasteiger partial charge in [0.1, 0.15) is 17.4 Å². The topological polar surface area (TPSA) is 45.9 Å². The van der Waals surface area contributed by atoms with Gasteiger partial charge in [0.2, 0.25) is 0 Å². The van der Waals surface area contributed by atoms with E-state index in [1.54, 1.807) is 31.2 Å². The first-order valence-electron chi connectivity index (χ1n) is 12.2. The van der Waals surface area contributed by atoms with Crippen molar-refractivity contribution in [3.8, 4) is 5.75 Å². The van der Waals surface area contributed by atoms with Crippen LogP contribution in [0.2, 0.25) is 0 Å². The first kappa shape index (κ1) is 25.6. The maximum absolute atomic E-state index is 14.5. The van der Waals surface area contributed by atoms with Crippen molar-refractivity contribution in [3.05, 3.63) is 95.5 Å². The van der Waals surface area contributed by atoms with Crippen LogP contribution in [-0.2, 0) is 6.42 Å². The number of amides is 1. The molecule has 1 unspecified atom stereocenters. The predicted octanol–water partition coefficient (Wildman–Crippen LogP) is 5.68. The van der Waals surface area contributed by atoms with Gasteiger partial charge in [-0.15, -0.1) is 0 Å². The molecule has 3 aromatic rings. The van der Waals surface area contributed by atoms with E-state index in [4.69, 9.17) is 9.15 Å². The average Bonchev–Trinajstić information content (AvgIpc) is 3.44. The zero-order valence-electron chi connectivity index (χ0n) is 20.7. The lowest BCUT2D eigenvalue weighted by Gasteiger charge is -2.39. The lowest BCUT2D eigenvalue weighted by molar-refractivity contribution is 0.0567. The Morgan fingerprint density at radius 2 is 1.92 bits per heavy atom. The van der Waals surface area contributed by atoms with Crippen LogP contribution in [0, 0.1) is 17.6 Å². The van der Waals surface area contributed by atoms with Gasteiger partial charge < -0.3 is 14.1 Å². The molecule has 1 aliphatic heterocycles. The second-order valence-corrected chi connectivity index (χ2v) is 9.21. The molecule has 0 radical (unpaired) electrons. The Balaban J connectivity index is 1.40. The summed E-state index contributed by atoms with van der Waals surface area (Å²) < 4.78 is 38.5. The monoisotopic (exact) mass is 494 g/mol. The molecular formula is C29H32F2N2O3. The van der Waals surface area contributed by atoms with Crippen molar-refractivity contribution in [3.63, 3.8) is 0 Å². The van der Waals surface area contributed by atoms with Gasteiger partial charge in [0.05, 0.1) is 13.4 Å². The number of piperidine rings is 1. The van der Waals surface area contributed by atoms with E-state index in [0.717, 1.165) is 49.9 Å². The molecular weight excluding hydrogens is 462 g/mol. The number of carbonyl (C=O) groups is 1. The van der Waals surface area contributed by atoms with Crippen LogP contribution in [0.15, 0.2) is 71.4 Å². The number of nitrogens with zero attached hydrogens (tertiary/aromatic N) is 2. The molecule has 5 nitrogen and oxygen atoms in total. The number of hydrogen-bond acceptors (Lipinski definition) is 4. The maximum Gasteiger partial charge on any atom is 0.289 e. The van der Waals surface area contributed by atoms with Crippen molar-refractivity contribution in [2.45, 2.75) is 25.3 Å². The van der Waals surface area contributed by atoms with Crippen LogP contribution in [0.1, 0.15) is 34.5 Å². The zero-order valence-corrected chi connectivity index (χ0v) is 20.7. The third kappa shape index (κ3) is 6.40.